The molecule has 1 rings (SSSR count). The van der Waals surface area contributed by atoms with Gasteiger partial charge in [0, 0.05) is 33.3 Å². The monoisotopic (exact) mass is 299 g/mol. The molecule has 0 N–H and O–H groups in total. The zero-order valence-electron chi connectivity index (χ0n) is 12.6. The summed E-state index contributed by atoms with van der Waals surface area (Å²) in [6.07, 6.45) is 3.75. The molecule has 0 aliphatic heterocycles. The summed E-state index contributed by atoms with van der Waals surface area (Å²) in [5.41, 5.74) is 0.775. The van der Waals surface area contributed by atoms with Crippen molar-refractivity contribution >= 4 is 18.3 Å². The van der Waals surface area contributed by atoms with Crippen LogP contribution in [0.2, 0.25) is 0 Å². The molecule has 1 aromatic heterocycles. The van der Waals surface area contributed by atoms with Crippen LogP contribution in [0.3, 0.4) is 0 Å². The topological polar surface area (TPSA) is 47.4 Å². The SMILES string of the molecule is COCCN(C)c1cnn(CCC(C)CCS)c(=O)c1. The fraction of sp³-hybridized carbons (Fsp3) is 0.714. The van der Waals surface area contributed by atoms with Crippen molar-refractivity contribution in [3.8, 4) is 0 Å². The van der Waals surface area contributed by atoms with Gasteiger partial charge in [-0.3, -0.25) is 4.79 Å². The van der Waals surface area contributed by atoms with Crippen molar-refractivity contribution in [3.05, 3.63) is 22.6 Å². The van der Waals surface area contributed by atoms with Crippen molar-refractivity contribution in [1.82, 2.24) is 9.78 Å². The van der Waals surface area contributed by atoms with Gasteiger partial charge in [0.05, 0.1) is 18.5 Å². The van der Waals surface area contributed by atoms with Gasteiger partial charge in [-0.15, -0.1) is 0 Å². The van der Waals surface area contributed by atoms with Crippen LogP contribution in [0.25, 0.3) is 0 Å². The number of hydrogen-bond acceptors (Lipinski definition) is 5. The average Bonchev–Trinajstić information content (AvgIpc) is 2.43. The summed E-state index contributed by atoms with van der Waals surface area (Å²) in [5.74, 6) is 1.44. The van der Waals surface area contributed by atoms with Crippen LogP contribution in [0.15, 0.2) is 17.1 Å². The van der Waals surface area contributed by atoms with Crippen molar-refractivity contribution < 1.29 is 4.74 Å². The Balaban J connectivity index is 2.61. The lowest BCUT2D eigenvalue weighted by Gasteiger charge is -2.18. The van der Waals surface area contributed by atoms with Crippen molar-refractivity contribution in [3.63, 3.8) is 0 Å². The highest BCUT2D eigenvalue weighted by Gasteiger charge is 2.06. The predicted octanol–water partition coefficient (Wildman–Crippen LogP) is 1.67. The summed E-state index contributed by atoms with van der Waals surface area (Å²) in [5, 5.41) is 4.24. The average molecular weight is 299 g/mol. The Labute approximate surface area is 126 Å². The third-order valence-electron chi connectivity index (χ3n) is 3.38. The maximum Gasteiger partial charge on any atom is 0.268 e. The molecule has 0 aliphatic carbocycles. The van der Waals surface area contributed by atoms with E-state index in [9.17, 15) is 4.79 Å². The second-order valence-electron chi connectivity index (χ2n) is 5.10. The molecule has 0 fully saturated rings. The summed E-state index contributed by atoms with van der Waals surface area (Å²) in [7, 11) is 3.59. The minimum absolute atomic E-state index is 0.0511. The summed E-state index contributed by atoms with van der Waals surface area (Å²) in [6.45, 7) is 4.20. The summed E-state index contributed by atoms with van der Waals surface area (Å²) >= 11 is 4.22. The molecule has 0 aliphatic rings. The molecule has 0 amide bonds. The highest BCUT2D eigenvalue weighted by Crippen LogP contribution is 2.10. The number of anilines is 1. The molecule has 20 heavy (non-hydrogen) atoms. The molecule has 5 nitrogen and oxygen atoms in total. The summed E-state index contributed by atoms with van der Waals surface area (Å²) < 4.78 is 6.55. The minimum Gasteiger partial charge on any atom is -0.383 e. The molecule has 114 valence electrons. The van der Waals surface area contributed by atoms with Gasteiger partial charge in [0.2, 0.25) is 0 Å². The Bertz CT molecular complexity index is 450. The van der Waals surface area contributed by atoms with Gasteiger partial charge >= 0.3 is 0 Å². The summed E-state index contributed by atoms with van der Waals surface area (Å²) in [6, 6.07) is 1.63. The number of thiol groups is 1. The first-order valence-electron chi connectivity index (χ1n) is 6.96. The third kappa shape index (κ3) is 5.54. The van der Waals surface area contributed by atoms with Gasteiger partial charge < -0.3 is 9.64 Å². The predicted molar refractivity (Wildman–Crippen MR) is 85.9 cm³/mol. The second-order valence-corrected chi connectivity index (χ2v) is 5.54. The van der Waals surface area contributed by atoms with E-state index >= 15 is 0 Å². The molecular weight excluding hydrogens is 274 g/mol. The lowest BCUT2D eigenvalue weighted by atomic mass is 10.1. The van der Waals surface area contributed by atoms with E-state index in [1.165, 1.54) is 4.68 Å². The van der Waals surface area contributed by atoms with E-state index in [2.05, 4.69) is 24.7 Å². The Morgan fingerprint density at radius 1 is 1.50 bits per heavy atom. The van der Waals surface area contributed by atoms with Gasteiger partial charge in [0.25, 0.3) is 5.56 Å². The molecule has 1 aromatic rings. The van der Waals surface area contributed by atoms with Crippen molar-refractivity contribution in [2.75, 3.05) is 38.0 Å². The van der Waals surface area contributed by atoms with Crippen LogP contribution in [0.1, 0.15) is 19.8 Å². The van der Waals surface area contributed by atoms with Crippen LogP contribution < -0.4 is 10.5 Å². The Kier molecular flexibility index (Phi) is 7.69. The highest BCUT2D eigenvalue weighted by molar-refractivity contribution is 7.80. The van der Waals surface area contributed by atoms with Crippen LogP contribution in [0, 0.1) is 5.92 Å². The number of hydrogen-bond donors (Lipinski definition) is 1. The van der Waals surface area contributed by atoms with Crippen LogP contribution in [-0.4, -0.2) is 42.8 Å². The molecular formula is C14H25N3O2S. The quantitative estimate of drug-likeness (QED) is 0.705. The van der Waals surface area contributed by atoms with Crippen LogP contribution in [0.5, 0.6) is 0 Å². The van der Waals surface area contributed by atoms with Crippen LogP contribution >= 0.6 is 12.6 Å². The van der Waals surface area contributed by atoms with E-state index < -0.39 is 0 Å². The third-order valence-corrected chi connectivity index (χ3v) is 3.64. The molecule has 6 heteroatoms. The standard InChI is InChI=1S/C14H25N3O2S/c1-12(5-9-20)4-6-17-14(18)10-13(11-15-17)16(2)7-8-19-3/h10-12,20H,4-9H2,1-3H3. The first kappa shape index (κ1) is 17.0. The van der Waals surface area contributed by atoms with E-state index in [0.717, 1.165) is 30.8 Å². The number of rotatable bonds is 9. The summed E-state index contributed by atoms with van der Waals surface area (Å²) in [4.78, 5) is 14.0. The Morgan fingerprint density at radius 3 is 2.85 bits per heavy atom. The van der Waals surface area contributed by atoms with Gasteiger partial charge in [-0.2, -0.15) is 17.7 Å². The van der Waals surface area contributed by atoms with E-state index in [-0.39, 0.29) is 5.56 Å². The number of nitrogens with zero attached hydrogens (tertiary/aromatic N) is 3. The number of likely N-dealkylation sites (N-methyl/N-ethyl adjacent to an activating group) is 1. The molecule has 0 saturated carbocycles. The van der Waals surface area contributed by atoms with Crippen molar-refractivity contribution in [1.29, 1.82) is 0 Å². The van der Waals surface area contributed by atoms with Crippen molar-refractivity contribution in [2.24, 2.45) is 5.92 Å². The smallest absolute Gasteiger partial charge is 0.268 e. The van der Waals surface area contributed by atoms with E-state index in [1.54, 1.807) is 19.4 Å². The molecule has 0 saturated heterocycles. The van der Waals surface area contributed by atoms with Gasteiger partial charge in [-0.1, -0.05) is 6.92 Å². The largest absolute Gasteiger partial charge is 0.383 e. The fourth-order valence-electron chi connectivity index (χ4n) is 1.87. The Hall–Kier alpha value is -1.01. The van der Waals surface area contributed by atoms with Gasteiger partial charge in [-0.05, 0) is 24.5 Å². The van der Waals surface area contributed by atoms with E-state index in [4.69, 9.17) is 4.74 Å². The molecule has 0 spiro atoms. The second kappa shape index (κ2) is 9.02. The lowest BCUT2D eigenvalue weighted by molar-refractivity contribution is 0.206. The number of ether oxygens (including phenoxy) is 1. The number of aryl methyl sites for hydroxylation is 1. The van der Waals surface area contributed by atoms with Gasteiger partial charge in [-0.25, -0.2) is 4.68 Å². The minimum atomic E-state index is -0.0511. The maximum atomic E-state index is 12.0. The molecule has 1 atom stereocenters. The molecule has 1 unspecified atom stereocenters. The zero-order chi connectivity index (χ0) is 15.0. The number of methoxy groups -OCH3 is 1. The fourth-order valence-corrected chi connectivity index (χ4v) is 2.31. The van der Waals surface area contributed by atoms with Crippen LogP contribution in [-0.2, 0) is 11.3 Å². The van der Waals surface area contributed by atoms with Gasteiger partial charge in [0.1, 0.15) is 0 Å². The maximum absolute atomic E-state index is 12.0. The number of aromatic nitrogens is 2. The first-order valence-corrected chi connectivity index (χ1v) is 7.59. The van der Waals surface area contributed by atoms with E-state index in [0.29, 0.717) is 19.1 Å². The Morgan fingerprint density at radius 2 is 2.25 bits per heavy atom. The molecule has 1 heterocycles. The molecule has 0 bridgehead atoms. The van der Waals surface area contributed by atoms with E-state index in [1.807, 2.05) is 11.9 Å². The molecule has 0 aromatic carbocycles. The van der Waals surface area contributed by atoms with Crippen LogP contribution in [0.4, 0.5) is 5.69 Å². The first-order chi connectivity index (χ1) is 9.58. The van der Waals surface area contributed by atoms with Gasteiger partial charge in [0.15, 0.2) is 0 Å². The molecule has 0 radical (unpaired) electrons. The zero-order valence-corrected chi connectivity index (χ0v) is 13.5. The lowest BCUT2D eigenvalue weighted by Crippen LogP contribution is -2.28. The highest BCUT2D eigenvalue weighted by atomic mass is 32.1. The normalized spacial score (nSPS) is 12.4. The van der Waals surface area contributed by atoms with Crippen molar-refractivity contribution in [2.45, 2.75) is 26.3 Å².